The van der Waals surface area contributed by atoms with E-state index in [1.54, 1.807) is 14.2 Å². The van der Waals surface area contributed by atoms with Gasteiger partial charge in [0.1, 0.15) is 11.5 Å². The average Bonchev–Trinajstić information content (AvgIpc) is 2.96. The second kappa shape index (κ2) is 13.7. The summed E-state index contributed by atoms with van der Waals surface area (Å²) in [5.74, 6) is 1.36. The Bertz CT molecular complexity index is 1220. The number of quaternary nitrogens is 1. The number of nitrogens with two attached hydrogens (primary N) is 2. The van der Waals surface area contributed by atoms with Crippen molar-refractivity contribution in [2.45, 2.75) is 44.6 Å². The molecule has 9 nitrogen and oxygen atoms in total. The van der Waals surface area contributed by atoms with Crippen LogP contribution in [0.1, 0.15) is 47.3 Å². The number of halogens is 1. The highest BCUT2D eigenvalue weighted by Gasteiger charge is 2.35. The van der Waals surface area contributed by atoms with E-state index in [0.717, 1.165) is 80.7 Å². The number of aromatic nitrogens is 2. The van der Waals surface area contributed by atoms with Crippen molar-refractivity contribution in [3.8, 4) is 11.5 Å². The molecule has 0 spiro atoms. The number of rotatable bonds is 12. The number of ether oxygens (including phenoxy) is 2. The fourth-order valence-corrected chi connectivity index (χ4v) is 5.77. The fourth-order valence-electron chi connectivity index (χ4n) is 5.64. The van der Waals surface area contributed by atoms with Crippen molar-refractivity contribution in [1.82, 2.24) is 15.3 Å². The quantitative estimate of drug-likeness (QED) is 0.279. The minimum atomic E-state index is -0.367. The maximum Gasteiger partial charge on any atom is 0.274 e. The summed E-state index contributed by atoms with van der Waals surface area (Å²) in [5.41, 5.74) is 14.2. The minimum Gasteiger partial charge on any atom is -0.497 e. The first-order chi connectivity index (χ1) is 19.3. The van der Waals surface area contributed by atoms with Crippen LogP contribution in [0.15, 0.2) is 48.5 Å². The fraction of sp³-hybridized carbons (Fsp3) is 0.433. The van der Waals surface area contributed by atoms with Crippen LogP contribution in [0.5, 0.6) is 11.5 Å². The number of hydrogen-bond acceptors (Lipinski definition) is 7. The first-order valence-corrected chi connectivity index (χ1v) is 14.2. The van der Waals surface area contributed by atoms with Gasteiger partial charge in [0.05, 0.1) is 46.4 Å². The average molecular weight is 568 g/mol. The van der Waals surface area contributed by atoms with Gasteiger partial charge in [-0.25, -0.2) is 9.97 Å². The van der Waals surface area contributed by atoms with Gasteiger partial charge in [0.2, 0.25) is 0 Å². The number of nitrogens with zero attached hydrogens (tertiary/aromatic N) is 3. The SMILES string of the molecule is COc1ccc(CCC[N+]2(CCCc3ccc(OC)cc3)CCC[C@@H](NC(=O)c3nc(Cl)c(N)nc3N)C2)cc1. The predicted molar refractivity (Wildman–Crippen MR) is 159 cm³/mol. The third-order valence-corrected chi connectivity index (χ3v) is 8.04. The van der Waals surface area contributed by atoms with Crippen molar-refractivity contribution >= 4 is 29.1 Å². The van der Waals surface area contributed by atoms with Crippen LogP contribution < -0.4 is 26.3 Å². The molecule has 10 heteroatoms. The second-order valence-electron chi connectivity index (χ2n) is 10.5. The molecular formula is C30H40ClN6O3+. The minimum absolute atomic E-state index is 0.000696. The Morgan fingerprint density at radius 3 is 2.00 bits per heavy atom. The van der Waals surface area contributed by atoms with Gasteiger partial charge in [0, 0.05) is 12.8 Å². The smallest absolute Gasteiger partial charge is 0.274 e. The number of methoxy groups -OCH3 is 2. The van der Waals surface area contributed by atoms with Crippen molar-refractivity contribution in [2.24, 2.45) is 0 Å². The molecule has 0 saturated carbocycles. The summed E-state index contributed by atoms with van der Waals surface area (Å²) in [6.07, 6.45) is 6.03. The zero-order valence-electron chi connectivity index (χ0n) is 23.4. The topological polar surface area (TPSA) is 125 Å². The first-order valence-electron chi connectivity index (χ1n) is 13.8. The Morgan fingerprint density at radius 2 is 1.48 bits per heavy atom. The van der Waals surface area contributed by atoms with Crippen LogP contribution in [0.2, 0.25) is 5.15 Å². The Balaban J connectivity index is 1.43. The maximum atomic E-state index is 13.1. The van der Waals surface area contributed by atoms with Crippen LogP contribution in [-0.4, -0.2) is 66.8 Å². The Labute approximate surface area is 241 Å². The number of likely N-dealkylation sites (tertiary alicyclic amines) is 1. The maximum absolute atomic E-state index is 13.1. The van der Waals surface area contributed by atoms with E-state index in [1.165, 1.54) is 11.1 Å². The summed E-state index contributed by atoms with van der Waals surface area (Å²) in [7, 11) is 3.37. The molecular weight excluding hydrogens is 528 g/mol. The third-order valence-electron chi connectivity index (χ3n) is 7.76. The summed E-state index contributed by atoms with van der Waals surface area (Å²) >= 11 is 6.02. The molecule has 1 amide bonds. The van der Waals surface area contributed by atoms with E-state index in [-0.39, 0.29) is 34.4 Å². The van der Waals surface area contributed by atoms with Crippen LogP contribution in [0, 0.1) is 0 Å². The highest BCUT2D eigenvalue weighted by molar-refractivity contribution is 6.31. The van der Waals surface area contributed by atoms with E-state index >= 15 is 0 Å². The number of nitrogen functional groups attached to an aromatic ring is 2. The van der Waals surface area contributed by atoms with Gasteiger partial charge in [0.25, 0.3) is 5.91 Å². The second-order valence-corrected chi connectivity index (χ2v) is 10.9. The Morgan fingerprint density at radius 1 is 0.925 bits per heavy atom. The molecule has 1 aromatic heterocycles. The highest BCUT2D eigenvalue weighted by atomic mass is 35.5. The van der Waals surface area contributed by atoms with Crippen LogP contribution in [-0.2, 0) is 12.8 Å². The molecule has 1 aliphatic heterocycles. The largest absolute Gasteiger partial charge is 0.497 e. The molecule has 0 radical (unpaired) electrons. The number of hydrogen-bond donors (Lipinski definition) is 3. The third kappa shape index (κ3) is 7.76. The summed E-state index contributed by atoms with van der Waals surface area (Å²) < 4.78 is 11.6. The highest BCUT2D eigenvalue weighted by Crippen LogP contribution is 2.24. The molecule has 40 heavy (non-hydrogen) atoms. The zero-order valence-corrected chi connectivity index (χ0v) is 24.1. The molecule has 3 aromatic rings. The number of amides is 1. The summed E-state index contributed by atoms with van der Waals surface area (Å²) in [5, 5.41) is 3.13. The van der Waals surface area contributed by atoms with Gasteiger partial charge in [-0.2, -0.15) is 0 Å². The molecule has 0 bridgehead atoms. The first kappa shape index (κ1) is 29.4. The van der Waals surface area contributed by atoms with Gasteiger partial charge in [0.15, 0.2) is 22.5 Å². The van der Waals surface area contributed by atoms with Gasteiger partial charge in [-0.1, -0.05) is 35.9 Å². The molecule has 1 atom stereocenters. The van der Waals surface area contributed by atoms with Crippen LogP contribution in [0.4, 0.5) is 11.6 Å². The Kier molecular flexibility index (Phi) is 10.1. The normalized spacial score (nSPS) is 16.3. The molecule has 1 saturated heterocycles. The lowest BCUT2D eigenvalue weighted by molar-refractivity contribution is -0.933. The molecule has 0 aliphatic carbocycles. The van der Waals surface area contributed by atoms with Crippen LogP contribution in [0.25, 0.3) is 0 Å². The van der Waals surface area contributed by atoms with Gasteiger partial charge in [-0.05, 0) is 61.1 Å². The molecule has 4 rings (SSSR count). The predicted octanol–water partition coefficient (Wildman–Crippen LogP) is 4.29. The van der Waals surface area contributed by atoms with Crippen molar-refractivity contribution < 1.29 is 18.8 Å². The van der Waals surface area contributed by atoms with Crippen molar-refractivity contribution in [2.75, 3.05) is 51.9 Å². The van der Waals surface area contributed by atoms with Crippen LogP contribution in [0.3, 0.4) is 0 Å². The molecule has 1 aliphatic rings. The molecule has 5 N–H and O–H groups in total. The van der Waals surface area contributed by atoms with E-state index in [9.17, 15) is 4.79 Å². The number of anilines is 2. The number of carbonyl (C=O) groups is 1. The monoisotopic (exact) mass is 567 g/mol. The van der Waals surface area contributed by atoms with E-state index in [1.807, 2.05) is 24.3 Å². The number of benzene rings is 2. The molecule has 2 aromatic carbocycles. The summed E-state index contributed by atoms with van der Waals surface area (Å²) in [4.78, 5) is 21.1. The lowest BCUT2D eigenvalue weighted by Crippen LogP contribution is -2.60. The number of aryl methyl sites for hydroxylation is 2. The number of piperidine rings is 1. The van der Waals surface area contributed by atoms with Crippen molar-refractivity contribution in [3.63, 3.8) is 0 Å². The lowest BCUT2D eigenvalue weighted by atomic mass is 9.99. The number of nitrogens with one attached hydrogen (secondary N) is 1. The van der Waals surface area contributed by atoms with E-state index < -0.39 is 0 Å². The standard InChI is InChI=1S/C30H39ClN6O3/c1-39-24-13-9-21(10-14-24)6-3-17-37(18-4-7-22-11-15-25(40-2)16-12-22)19-5-8-23(20-37)34-30(38)26-28(32)36-29(33)27(31)35-26/h9-16,23H,3-8,17-20H2,1-2H3,(H4-,32,33,34,36,38)/p+1/t23-/m1/s1. The molecule has 1 fully saturated rings. The van der Waals surface area contributed by atoms with Crippen LogP contribution >= 0.6 is 11.6 Å². The van der Waals surface area contributed by atoms with Crippen molar-refractivity contribution in [1.29, 1.82) is 0 Å². The summed E-state index contributed by atoms with van der Waals surface area (Å²) in [6, 6.07) is 16.6. The van der Waals surface area contributed by atoms with E-state index in [4.69, 9.17) is 32.5 Å². The summed E-state index contributed by atoms with van der Waals surface area (Å²) in [6.45, 7) is 4.02. The lowest BCUT2D eigenvalue weighted by Gasteiger charge is -2.45. The van der Waals surface area contributed by atoms with E-state index in [0.29, 0.717) is 0 Å². The molecule has 214 valence electrons. The zero-order chi connectivity index (χ0) is 28.5. The Hall–Kier alpha value is -3.56. The van der Waals surface area contributed by atoms with Gasteiger partial charge >= 0.3 is 0 Å². The van der Waals surface area contributed by atoms with Gasteiger partial charge < -0.3 is 30.7 Å². The van der Waals surface area contributed by atoms with E-state index in [2.05, 4.69) is 39.6 Å². The number of carbonyl (C=O) groups excluding carboxylic acids is 1. The molecule has 0 unspecified atom stereocenters. The van der Waals surface area contributed by atoms with Gasteiger partial charge in [-0.15, -0.1) is 0 Å². The molecule has 2 heterocycles. The van der Waals surface area contributed by atoms with Crippen molar-refractivity contribution in [3.05, 3.63) is 70.5 Å². The van der Waals surface area contributed by atoms with Gasteiger partial charge in [-0.3, -0.25) is 4.79 Å².